The molecule has 0 aliphatic carbocycles. The largest absolute Gasteiger partial charge is 0.352 e. The van der Waals surface area contributed by atoms with Crippen molar-refractivity contribution < 1.29 is 13.2 Å². The van der Waals surface area contributed by atoms with E-state index in [1.807, 2.05) is 6.92 Å². The van der Waals surface area contributed by atoms with Crippen molar-refractivity contribution in [3.05, 3.63) is 0 Å². The highest BCUT2D eigenvalue weighted by Crippen LogP contribution is 2.14. The van der Waals surface area contributed by atoms with Gasteiger partial charge in [-0.3, -0.25) is 4.79 Å². The molecule has 0 aromatic rings. The maximum atomic E-state index is 11.9. The van der Waals surface area contributed by atoms with Crippen molar-refractivity contribution in [2.75, 3.05) is 11.5 Å². The lowest BCUT2D eigenvalue weighted by Gasteiger charge is -2.28. The van der Waals surface area contributed by atoms with Crippen molar-refractivity contribution in [2.45, 2.75) is 51.1 Å². The molecule has 1 heterocycles. The van der Waals surface area contributed by atoms with Gasteiger partial charge in [-0.25, -0.2) is 8.42 Å². The Bertz CT molecular complexity index is 362. The summed E-state index contributed by atoms with van der Waals surface area (Å²) in [4.78, 5) is 11.9. The summed E-state index contributed by atoms with van der Waals surface area (Å²) in [5.41, 5.74) is 5.05. The highest BCUT2D eigenvalue weighted by molar-refractivity contribution is 7.91. The first-order valence-electron chi connectivity index (χ1n) is 6.07. The van der Waals surface area contributed by atoms with Crippen LogP contribution in [-0.2, 0) is 14.6 Å². The second kappa shape index (κ2) is 5.35. The Balaban J connectivity index is 2.48. The SMILES string of the molecule is CCCC(C)(N)C(=O)NC1CCS(=O)(=O)CC1. The fraction of sp³-hybridized carbons (Fsp3) is 0.909. The van der Waals surface area contributed by atoms with E-state index < -0.39 is 15.4 Å². The number of nitrogens with two attached hydrogens (primary N) is 1. The molecule has 0 aromatic carbocycles. The summed E-state index contributed by atoms with van der Waals surface area (Å²) in [6, 6.07) is -0.0502. The van der Waals surface area contributed by atoms with E-state index in [1.54, 1.807) is 6.92 Å². The van der Waals surface area contributed by atoms with Crippen LogP contribution < -0.4 is 11.1 Å². The Morgan fingerprint density at radius 2 is 1.94 bits per heavy atom. The molecule has 3 N–H and O–H groups in total. The maximum Gasteiger partial charge on any atom is 0.240 e. The standard InChI is InChI=1S/C11H22N2O3S/c1-3-6-11(2,12)10(14)13-9-4-7-17(15,16)8-5-9/h9H,3-8,12H2,1-2H3,(H,13,14). The summed E-state index contributed by atoms with van der Waals surface area (Å²) in [6.45, 7) is 3.69. The fourth-order valence-corrected chi connectivity index (χ4v) is 3.51. The van der Waals surface area contributed by atoms with Gasteiger partial charge in [0.2, 0.25) is 5.91 Å². The number of hydrogen-bond donors (Lipinski definition) is 2. The smallest absolute Gasteiger partial charge is 0.240 e. The van der Waals surface area contributed by atoms with E-state index in [0.717, 1.165) is 6.42 Å². The minimum atomic E-state index is -2.88. The molecule has 5 nitrogen and oxygen atoms in total. The lowest BCUT2D eigenvalue weighted by Crippen LogP contribution is -2.55. The molecule has 1 unspecified atom stereocenters. The zero-order valence-electron chi connectivity index (χ0n) is 10.5. The number of carbonyl (C=O) groups excluding carboxylic acids is 1. The Morgan fingerprint density at radius 3 is 2.41 bits per heavy atom. The van der Waals surface area contributed by atoms with Crippen LogP contribution in [0, 0.1) is 0 Å². The molecular weight excluding hydrogens is 240 g/mol. The summed E-state index contributed by atoms with van der Waals surface area (Å²) < 4.78 is 22.5. The number of hydrogen-bond acceptors (Lipinski definition) is 4. The van der Waals surface area contributed by atoms with Gasteiger partial charge in [0, 0.05) is 6.04 Å². The molecule has 0 aromatic heterocycles. The molecule has 1 saturated heterocycles. The van der Waals surface area contributed by atoms with Crippen LogP contribution in [-0.4, -0.2) is 37.4 Å². The topological polar surface area (TPSA) is 89.3 Å². The van der Waals surface area contributed by atoms with Gasteiger partial charge < -0.3 is 11.1 Å². The summed E-state index contributed by atoms with van der Waals surface area (Å²) in [5, 5.41) is 2.85. The number of rotatable bonds is 4. The van der Waals surface area contributed by atoms with E-state index in [-0.39, 0.29) is 23.5 Å². The van der Waals surface area contributed by atoms with E-state index in [4.69, 9.17) is 5.73 Å². The second-order valence-corrected chi connectivity index (χ2v) is 7.37. The average molecular weight is 262 g/mol. The van der Waals surface area contributed by atoms with E-state index in [9.17, 15) is 13.2 Å². The van der Waals surface area contributed by atoms with Gasteiger partial charge in [0.25, 0.3) is 0 Å². The molecule has 6 heteroatoms. The quantitative estimate of drug-likeness (QED) is 0.757. The fourth-order valence-electron chi connectivity index (χ4n) is 2.02. The highest BCUT2D eigenvalue weighted by atomic mass is 32.2. The molecule has 1 fully saturated rings. The maximum absolute atomic E-state index is 11.9. The molecule has 1 amide bonds. The van der Waals surface area contributed by atoms with Crippen LogP contribution in [0.2, 0.25) is 0 Å². The molecule has 1 rings (SSSR count). The number of nitrogens with one attached hydrogen (secondary N) is 1. The lowest BCUT2D eigenvalue weighted by atomic mass is 9.95. The molecule has 0 saturated carbocycles. The lowest BCUT2D eigenvalue weighted by molar-refractivity contribution is -0.126. The molecule has 1 aliphatic heterocycles. The van der Waals surface area contributed by atoms with Crippen LogP contribution in [0.1, 0.15) is 39.5 Å². The third-order valence-corrected chi connectivity index (χ3v) is 4.89. The van der Waals surface area contributed by atoms with Gasteiger partial charge in [-0.05, 0) is 26.2 Å². The number of carbonyl (C=O) groups is 1. The van der Waals surface area contributed by atoms with Crippen molar-refractivity contribution in [2.24, 2.45) is 5.73 Å². The number of amides is 1. The second-order valence-electron chi connectivity index (χ2n) is 5.07. The Kier molecular flexibility index (Phi) is 4.55. The molecule has 17 heavy (non-hydrogen) atoms. The average Bonchev–Trinajstić information content (AvgIpc) is 2.21. The number of sulfone groups is 1. The van der Waals surface area contributed by atoms with Crippen LogP contribution in [0.5, 0.6) is 0 Å². The van der Waals surface area contributed by atoms with Crippen molar-refractivity contribution >= 4 is 15.7 Å². The van der Waals surface area contributed by atoms with E-state index in [2.05, 4.69) is 5.32 Å². The molecule has 1 atom stereocenters. The van der Waals surface area contributed by atoms with Crippen LogP contribution >= 0.6 is 0 Å². The molecular formula is C11H22N2O3S. The van der Waals surface area contributed by atoms with Crippen molar-refractivity contribution in [1.29, 1.82) is 0 Å². The zero-order chi connectivity index (χ0) is 13.1. The molecule has 0 radical (unpaired) electrons. The first-order chi connectivity index (χ1) is 7.77. The summed E-state index contributed by atoms with van der Waals surface area (Å²) in [7, 11) is -2.88. The third kappa shape index (κ3) is 4.27. The highest BCUT2D eigenvalue weighted by Gasteiger charge is 2.31. The first kappa shape index (κ1) is 14.4. The minimum Gasteiger partial charge on any atom is -0.352 e. The van der Waals surface area contributed by atoms with Gasteiger partial charge in [-0.15, -0.1) is 0 Å². The molecule has 0 spiro atoms. The van der Waals surface area contributed by atoms with Gasteiger partial charge in [0.05, 0.1) is 17.0 Å². The van der Waals surface area contributed by atoms with Crippen LogP contribution in [0.25, 0.3) is 0 Å². The van der Waals surface area contributed by atoms with E-state index >= 15 is 0 Å². The predicted molar refractivity (Wildman–Crippen MR) is 67.3 cm³/mol. The minimum absolute atomic E-state index is 0.0502. The Labute approximate surface area is 103 Å². The monoisotopic (exact) mass is 262 g/mol. The predicted octanol–water partition coefficient (Wildman–Crippen LogP) is 0.197. The Hall–Kier alpha value is -0.620. The molecule has 0 bridgehead atoms. The van der Waals surface area contributed by atoms with Gasteiger partial charge in [-0.2, -0.15) is 0 Å². The normalized spacial score (nSPS) is 23.9. The summed E-state index contributed by atoms with van der Waals surface area (Å²) >= 11 is 0. The van der Waals surface area contributed by atoms with Crippen LogP contribution in [0.4, 0.5) is 0 Å². The van der Waals surface area contributed by atoms with Gasteiger partial charge in [0.15, 0.2) is 0 Å². The molecule has 100 valence electrons. The van der Waals surface area contributed by atoms with Crippen molar-refractivity contribution in [3.8, 4) is 0 Å². The van der Waals surface area contributed by atoms with E-state index in [1.165, 1.54) is 0 Å². The Morgan fingerprint density at radius 1 is 1.41 bits per heavy atom. The van der Waals surface area contributed by atoms with E-state index in [0.29, 0.717) is 19.3 Å². The summed E-state index contributed by atoms with van der Waals surface area (Å²) in [6.07, 6.45) is 2.47. The first-order valence-corrected chi connectivity index (χ1v) is 7.89. The molecule has 1 aliphatic rings. The third-order valence-electron chi connectivity index (χ3n) is 3.18. The van der Waals surface area contributed by atoms with Crippen molar-refractivity contribution in [3.63, 3.8) is 0 Å². The van der Waals surface area contributed by atoms with Gasteiger partial charge in [0.1, 0.15) is 9.84 Å². The van der Waals surface area contributed by atoms with Gasteiger partial charge >= 0.3 is 0 Å². The summed E-state index contributed by atoms with van der Waals surface area (Å²) in [5.74, 6) is 0.142. The van der Waals surface area contributed by atoms with Crippen LogP contribution in [0.15, 0.2) is 0 Å². The van der Waals surface area contributed by atoms with Crippen LogP contribution in [0.3, 0.4) is 0 Å². The zero-order valence-corrected chi connectivity index (χ0v) is 11.3. The van der Waals surface area contributed by atoms with Crippen molar-refractivity contribution in [1.82, 2.24) is 5.32 Å². The van der Waals surface area contributed by atoms with Gasteiger partial charge in [-0.1, -0.05) is 13.3 Å².